The molecular weight excluding hydrogens is 327 g/mol. The second-order valence-corrected chi connectivity index (χ2v) is 6.79. The molecule has 0 saturated carbocycles. The second-order valence-electron chi connectivity index (χ2n) is 5.92. The standard InChI is InChI=1S/C17H21FN4OS/c1-13(14-2-4-15(18)5-3-14)20-16(23)12-21-7-9-22(10-8-21)17-19-6-11-24-17/h2-6,11,13H,7-10,12H2,1H3,(H,20,23)/t13-/m0/s1. The van der Waals surface area contributed by atoms with E-state index < -0.39 is 0 Å². The Morgan fingerprint density at radius 1 is 1.29 bits per heavy atom. The minimum Gasteiger partial charge on any atom is -0.348 e. The Labute approximate surface area is 145 Å². The van der Waals surface area contributed by atoms with Crippen molar-refractivity contribution in [2.75, 3.05) is 37.6 Å². The van der Waals surface area contributed by atoms with Gasteiger partial charge in [0.1, 0.15) is 5.82 Å². The molecule has 0 spiro atoms. The zero-order valence-corrected chi connectivity index (χ0v) is 14.4. The number of carbonyl (C=O) groups is 1. The lowest BCUT2D eigenvalue weighted by Crippen LogP contribution is -2.49. The molecule has 1 aromatic carbocycles. The van der Waals surface area contributed by atoms with Gasteiger partial charge in [0, 0.05) is 37.8 Å². The minimum atomic E-state index is -0.268. The number of rotatable bonds is 5. The number of thiazole rings is 1. The van der Waals surface area contributed by atoms with Gasteiger partial charge in [-0.1, -0.05) is 12.1 Å². The average Bonchev–Trinajstić information content (AvgIpc) is 3.10. The molecule has 1 N–H and O–H groups in total. The fraction of sp³-hybridized carbons (Fsp3) is 0.412. The maximum atomic E-state index is 13.0. The SMILES string of the molecule is C[C@H](NC(=O)CN1CCN(c2nccs2)CC1)c1ccc(F)cc1. The summed E-state index contributed by atoms with van der Waals surface area (Å²) in [5.74, 6) is -0.273. The molecule has 1 aliphatic rings. The van der Waals surface area contributed by atoms with E-state index in [1.165, 1.54) is 12.1 Å². The highest BCUT2D eigenvalue weighted by molar-refractivity contribution is 7.13. The maximum absolute atomic E-state index is 13.0. The smallest absolute Gasteiger partial charge is 0.234 e. The molecule has 7 heteroatoms. The number of halogens is 1. The summed E-state index contributed by atoms with van der Waals surface area (Å²) in [6.07, 6.45) is 1.82. The van der Waals surface area contributed by atoms with Crippen molar-refractivity contribution in [3.8, 4) is 0 Å². The summed E-state index contributed by atoms with van der Waals surface area (Å²) in [4.78, 5) is 20.9. The Bertz CT molecular complexity index is 654. The minimum absolute atomic E-state index is 0.00507. The van der Waals surface area contributed by atoms with Crippen molar-refractivity contribution >= 4 is 22.4 Å². The summed E-state index contributed by atoms with van der Waals surface area (Å²) >= 11 is 1.64. The Morgan fingerprint density at radius 3 is 2.62 bits per heavy atom. The number of hydrogen-bond acceptors (Lipinski definition) is 5. The zero-order chi connectivity index (χ0) is 16.9. The van der Waals surface area contributed by atoms with Crippen molar-refractivity contribution < 1.29 is 9.18 Å². The molecule has 1 saturated heterocycles. The molecule has 2 heterocycles. The number of hydrogen-bond donors (Lipinski definition) is 1. The van der Waals surface area contributed by atoms with E-state index in [1.54, 1.807) is 23.5 Å². The molecule has 128 valence electrons. The van der Waals surface area contributed by atoms with Crippen molar-refractivity contribution in [1.82, 2.24) is 15.2 Å². The first-order chi connectivity index (χ1) is 11.6. The van der Waals surface area contributed by atoms with Crippen LogP contribution < -0.4 is 10.2 Å². The number of benzene rings is 1. The topological polar surface area (TPSA) is 48.5 Å². The molecule has 0 unspecified atom stereocenters. The quantitative estimate of drug-likeness (QED) is 0.901. The van der Waals surface area contributed by atoms with Gasteiger partial charge in [0.05, 0.1) is 12.6 Å². The van der Waals surface area contributed by atoms with E-state index in [-0.39, 0.29) is 17.8 Å². The largest absolute Gasteiger partial charge is 0.348 e. The lowest BCUT2D eigenvalue weighted by Gasteiger charge is -2.34. The van der Waals surface area contributed by atoms with Crippen LogP contribution in [0.2, 0.25) is 0 Å². The molecule has 1 aliphatic heterocycles. The second kappa shape index (κ2) is 7.72. The third-order valence-corrected chi connectivity index (χ3v) is 5.01. The van der Waals surface area contributed by atoms with E-state index in [1.807, 2.05) is 18.5 Å². The van der Waals surface area contributed by atoms with Crippen LogP contribution in [0, 0.1) is 5.82 Å². The fourth-order valence-corrected chi connectivity index (χ4v) is 3.49. The van der Waals surface area contributed by atoms with Gasteiger partial charge in [-0.15, -0.1) is 11.3 Å². The normalized spacial score (nSPS) is 16.8. The maximum Gasteiger partial charge on any atom is 0.234 e. The predicted octanol–water partition coefficient (Wildman–Crippen LogP) is 2.28. The van der Waals surface area contributed by atoms with Crippen molar-refractivity contribution in [3.05, 3.63) is 47.2 Å². The van der Waals surface area contributed by atoms with Crippen LogP contribution in [0.15, 0.2) is 35.8 Å². The Kier molecular flexibility index (Phi) is 5.42. The van der Waals surface area contributed by atoms with Crippen LogP contribution in [0.1, 0.15) is 18.5 Å². The van der Waals surface area contributed by atoms with Crippen LogP contribution in [0.4, 0.5) is 9.52 Å². The fourth-order valence-electron chi connectivity index (χ4n) is 2.79. The zero-order valence-electron chi connectivity index (χ0n) is 13.6. The number of nitrogens with zero attached hydrogens (tertiary/aromatic N) is 3. The van der Waals surface area contributed by atoms with E-state index in [0.29, 0.717) is 6.54 Å². The first kappa shape index (κ1) is 16.9. The van der Waals surface area contributed by atoms with E-state index in [9.17, 15) is 9.18 Å². The predicted molar refractivity (Wildman–Crippen MR) is 93.7 cm³/mol. The van der Waals surface area contributed by atoms with Gasteiger partial charge in [0.25, 0.3) is 0 Å². The van der Waals surface area contributed by atoms with Gasteiger partial charge in [-0.2, -0.15) is 0 Å². The Hall–Kier alpha value is -1.99. The molecule has 3 rings (SSSR count). The van der Waals surface area contributed by atoms with Crippen LogP contribution in [-0.2, 0) is 4.79 Å². The molecule has 0 radical (unpaired) electrons. The molecule has 0 aliphatic carbocycles. The third-order valence-electron chi connectivity index (χ3n) is 4.18. The van der Waals surface area contributed by atoms with Gasteiger partial charge in [0.2, 0.25) is 5.91 Å². The van der Waals surface area contributed by atoms with Crippen molar-refractivity contribution in [2.24, 2.45) is 0 Å². The summed E-state index contributed by atoms with van der Waals surface area (Å²) in [6, 6.07) is 6.10. The van der Waals surface area contributed by atoms with Gasteiger partial charge in [-0.25, -0.2) is 9.37 Å². The highest BCUT2D eigenvalue weighted by atomic mass is 32.1. The van der Waals surface area contributed by atoms with Crippen LogP contribution in [0.3, 0.4) is 0 Å². The third kappa shape index (κ3) is 4.30. The number of piperazine rings is 1. The first-order valence-electron chi connectivity index (χ1n) is 8.03. The number of nitrogens with one attached hydrogen (secondary N) is 1. The summed E-state index contributed by atoms with van der Waals surface area (Å²) in [5.41, 5.74) is 0.901. The number of anilines is 1. The number of aromatic nitrogens is 1. The van der Waals surface area contributed by atoms with E-state index in [0.717, 1.165) is 36.9 Å². The van der Waals surface area contributed by atoms with Crippen LogP contribution in [0.25, 0.3) is 0 Å². The van der Waals surface area contributed by atoms with Gasteiger partial charge in [0.15, 0.2) is 5.13 Å². The molecule has 1 amide bonds. The average molecular weight is 348 g/mol. The highest BCUT2D eigenvalue weighted by Crippen LogP contribution is 2.19. The van der Waals surface area contributed by atoms with Gasteiger partial charge < -0.3 is 10.2 Å². The lowest BCUT2D eigenvalue weighted by molar-refractivity contribution is -0.123. The Morgan fingerprint density at radius 2 is 2.00 bits per heavy atom. The van der Waals surface area contributed by atoms with Crippen molar-refractivity contribution in [3.63, 3.8) is 0 Å². The first-order valence-corrected chi connectivity index (χ1v) is 8.91. The molecule has 5 nitrogen and oxygen atoms in total. The number of carbonyl (C=O) groups excluding carboxylic acids is 1. The summed E-state index contributed by atoms with van der Waals surface area (Å²) in [6.45, 7) is 5.75. The van der Waals surface area contributed by atoms with E-state index >= 15 is 0 Å². The van der Waals surface area contributed by atoms with E-state index in [2.05, 4.69) is 20.1 Å². The summed E-state index contributed by atoms with van der Waals surface area (Å²) < 4.78 is 13.0. The Balaban J connectivity index is 1.45. The number of amides is 1. The van der Waals surface area contributed by atoms with Crippen molar-refractivity contribution in [1.29, 1.82) is 0 Å². The molecular formula is C17H21FN4OS. The van der Waals surface area contributed by atoms with Gasteiger partial charge in [-0.05, 0) is 24.6 Å². The van der Waals surface area contributed by atoms with Crippen molar-refractivity contribution in [2.45, 2.75) is 13.0 Å². The summed E-state index contributed by atoms with van der Waals surface area (Å²) in [5, 5.41) is 6.00. The molecule has 1 fully saturated rings. The molecule has 24 heavy (non-hydrogen) atoms. The van der Waals surface area contributed by atoms with Crippen LogP contribution in [0.5, 0.6) is 0 Å². The lowest BCUT2D eigenvalue weighted by atomic mass is 10.1. The monoisotopic (exact) mass is 348 g/mol. The molecule has 1 atom stereocenters. The molecule has 0 bridgehead atoms. The van der Waals surface area contributed by atoms with Crippen LogP contribution in [-0.4, -0.2) is 48.5 Å². The van der Waals surface area contributed by atoms with Crippen LogP contribution >= 0.6 is 11.3 Å². The highest BCUT2D eigenvalue weighted by Gasteiger charge is 2.21. The van der Waals surface area contributed by atoms with Gasteiger partial charge >= 0.3 is 0 Å². The molecule has 1 aromatic heterocycles. The van der Waals surface area contributed by atoms with E-state index in [4.69, 9.17) is 0 Å². The van der Waals surface area contributed by atoms with Gasteiger partial charge in [-0.3, -0.25) is 9.69 Å². The molecule has 2 aromatic rings. The summed E-state index contributed by atoms with van der Waals surface area (Å²) in [7, 11) is 0.